The van der Waals surface area contributed by atoms with E-state index in [0.29, 0.717) is 12.6 Å². The molecule has 0 radical (unpaired) electrons. The SMILES string of the molecule is CCCCOC1CCCN(CCC(=O)O)C1. The molecule has 1 saturated heterocycles. The maximum absolute atomic E-state index is 10.5. The van der Waals surface area contributed by atoms with Gasteiger partial charge in [0, 0.05) is 19.7 Å². The highest BCUT2D eigenvalue weighted by molar-refractivity contribution is 5.66. The van der Waals surface area contributed by atoms with Crippen molar-refractivity contribution in [1.82, 2.24) is 4.90 Å². The summed E-state index contributed by atoms with van der Waals surface area (Å²) >= 11 is 0. The third-order valence-electron chi connectivity index (χ3n) is 2.96. The van der Waals surface area contributed by atoms with Crippen LogP contribution in [-0.4, -0.2) is 48.3 Å². The number of hydrogen-bond donors (Lipinski definition) is 1. The number of hydrogen-bond acceptors (Lipinski definition) is 3. The van der Waals surface area contributed by atoms with Gasteiger partial charge in [-0.15, -0.1) is 0 Å². The van der Waals surface area contributed by atoms with Gasteiger partial charge in [0.1, 0.15) is 0 Å². The quantitative estimate of drug-likeness (QED) is 0.676. The molecule has 16 heavy (non-hydrogen) atoms. The molecule has 0 aromatic rings. The first kappa shape index (κ1) is 13.5. The molecule has 1 rings (SSSR count). The van der Waals surface area contributed by atoms with E-state index < -0.39 is 5.97 Å². The average molecular weight is 229 g/mol. The second kappa shape index (κ2) is 7.63. The van der Waals surface area contributed by atoms with Crippen LogP contribution in [0.2, 0.25) is 0 Å². The lowest BCUT2D eigenvalue weighted by Crippen LogP contribution is -2.40. The van der Waals surface area contributed by atoms with E-state index >= 15 is 0 Å². The predicted molar refractivity (Wildman–Crippen MR) is 62.6 cm³/mol. The Morgan fingerprint density at radius 2 is 2.38 bits per heavy atom. The smallest absolute Gasteiger partial charge is 0.304 e. The zero-order valence-electron chi connectivity index (χ0n) is 10.2. The Bertz CT molecular complexity index is 208. The molecule has 1 aliphatic heterocycles. The highest BCUT2D eigenvalue weighted by Gasteiger charge is 2.20. The van der Waals surface area contributed by atoms with Crippen LogP contribution >= 0.6 is 0 Å². The summed E-state index contributed by atoms with van der Waals surface area (Å²) in [5.41, 5.74) is 0. The fraction of sp³-hybridized carbons (Fsp3) is 0.917. The minimum atomic E-state index is -0.714. The van der Waals surface area contributed by atoms with Gasteiger partial charge >= 0.3 is 5.97 Å². The van der Waals surface area contributed by atoms with Crippen LogP contribution in [0.15, 0.2) is 0 Å². The van der Waals surface area contributed by atoms with Crippen LogP contribution in [0.1, 0.15) is 39.0 Å². The number of likely N-dealkylation sites (tertiary alicyclic amines) is 1. The fourth-order valence-corrected chi connectivity index (χ4v) is 2.00. The Morgan fingerprint density at radius 1 is 1.56 bits per heavy atom. The highest BCUT2D eigenvalue weighted by atomic mass is 16.5. The number of piperidine rings is 1. The van der Waals surface area contributed by atoms with Crippen LogP contribution in [0.3, 0.4) is 0 Å². The molecule has 0 amide bonds. The minimum Gasteiger partial charge on any atom is -0.481 e. The maximum Gasteiger partial charge on any atom is 0.304 e. The second-order valence-corrected chi connectivity index (χ2v) is 4.43. The zero-order valence-corrected chi connectivity index (χ0v) is 10.2. The van der Waals surface area contributed by atoms with Gasteiger partial charge in [0.05, 0.1) is 12.5 Å². The number of rotatable bonds is 7. The van der Waals surface area contributed by atoms with Crippen molar-refractivity contribution < 1.29 is 14.6 Å². The minimum absolute atomic E-state index is 0.238. The first-order valence-electron chi connectivity index (χ1n) is 6.28. The molecule has 4 nitrogen and oxygen atoms in total. The van der Waals surface area contributed by atoms with Crippen molar-refractivity contribution in [3.8, 4) is 0 Å². The van der Waals surface area contributed by atoms with Gasteiger partial charge in [-0.1, -0.05) is 13.3 Å². The molecule has 4 heteroatoms. The first-order valence-corrected chi connectivity index (χ1v) is 6.28. The molecule has 94 valence electrons. The van der Waals surface area contributed by atoms with E-state index in [1.54, 1.807) is 0 Å². The third kappa shape index (κ3) is 5.47. The lowest BCUT2D eigenvalue weighted by Gasteiger charge is -2.32. The number of carboxylic acids is 1. The van der Waals surface area contributed by atoms with E-state index in [1.807, 2.05) is 0 Å². The summed E-state index contributed by atoms with van der Waals surface area (Å²) in [6, 6.07) is 0. The van der Waals surface area contributed by atoms with Gasteiger partial charge in [-0.25, -0.2) is 0 Å². The van der Waals surface area contributed by atoms with Gasteiger partial charge in [-0.05, 0) is 25.8 Å². The van der Waals surface area contributed by atoms with E-state index in [2.05, 4.69) is 11.8 Å². The Hall–Kier alpha value is -0.610. The molecular weight excluding hydrogens is 206 g/mol. The van der Waals surface area contributed by atoms with Crippen LogP contribution in [0, 0.1) is 0 Å². The second-order valence-electron chi connectivity index (χ2n) is 4.43. The third-order valence-corrected chi connectivity index (χ3v) is 2.96. The van der Waals surface area contributed by atoms with Crippen molar-refractivity contribution >= 4 is 5.97 Å². The van der Waals surface area contributed by atoms with E-state index in [-0.39, 0.29) is 6.42 Å². The van der Waals surface area contributed by atoms with Gasteiger partial charge in [0.15, 0.2) is 0 Å². The topological polar surface area (TPSA) is 49.8 Å². The monoisotopic (exact) mass is 229 g/mol. The summed E-state index contributed by atoms with van der Waals surface area (Å²) in [7, 11) is 0. The van der Waals surface area contributed by atoms with Crippen LogP contribution in [0.4, 0.5) is 0 Å². The number of nitrogens with zero attached hydrogens (tertiary/aromatic N) is 1. The number of carboxylic acid groups (broad SMARTS) is 1. The number of carbonyl (C=O) groups is 1. The highest BCUT2D eigenvalue weighted by Crippen LogP contribution is 2.13. The molecule has 0 spiro atoms. The first-order chi connectivity index (χ1) is 7.72. The number of unbranched alkanes of at least 4 members (excludes halogenated alkanes) is 1. The fourth-order valence-electron chi connectivity index (χ4n) is 2.00. The summed E-state index contributed by atoms with van der Waals surface area (Å²) < 4.78 is 5.77. The van der Waals surface area contributed by atoms with Crippen molar-refractivity contribution in [3.63, 3.8) is 0 Å². The molecule has 1 unspecified atom stereocenters. The molecule has 1 aliphatic rings. The Balaban J connectivity index is 2.16. The average Bonchev–Trinajstić information content (AvgIpc) is 2.27. The molecule has 0 bridgehead atoms. The lowest BCUT2D eigenvalue weighted by molar-refractivity contribution is -0.137. The standard InChI is InChI=1S/C12H23NO3/c1-2-3-9-16-11-5-4-7-13(10-11)8-6-12(14)15/h11H,2-10H2,1H3,(H,14,15). The van der Waals surface area contributed by atoms with Gasteiger partial charge in [-0.2, -0.15) is 0 Å². The van der Waals surface area contributed by atoms with Crippen LogP contribution in [-0.2, 0) is 9.53 Å². The van der Waals surface area contributed by atoms with Crippen molar-refractivity contribution in [3.05, 3.63) is 0 Å². The molecule has 1 heterocycles. The summed E-state index contributed by atoms with van der Waals surface area (Å²) in [5, 5.41) is 8.63. The normalized spacial score (nSPS) is 22.2. The summed E-state index contributed by atoms with van der Waals surface area (Å²) in [6.45, 7) is 5.57. The summed E-state index contributed by atoms with van der Waals surface area (Å²) in [5.74, 6) is -0.714. The largest absolute Gasteiger partial charge is 0.481 e. The van der Waals surface area contributed by atoms with Crippen molar-refractivity contribution in [2.45, 2.75) is 45.1 Å². The van der Waals surface area contributed by atoms with Crippen LogP contribution in [0.25, 0.3) is 0 Å². The maximum atomic E-state index is 10.5. The van der Waals surface area contributed by atoms with E-state index in [9.17, 15) is 4.79 Å². The zero-order chi connectivity index (χ0) is 11.8. The molecule has 0 aromatic carbocycles. The van der Waals surface area contributed by atoms with Gasteiger partial charge in [0.2, 0.25) is 0 Å². The molecule has 1 N–H and O–H groups in total. The Kier molecular flexibility index (Phi) is 6.42. The van der Waals surface area contributed by atoms with Crippen molar-refractivity contribution in [1.29, 1.82) is 0 Å². The molecule has 0 saturated carbocycles. The van der Waals surface area contributed by atoms with Gasteiger partial charge < -0.3 is 14.7 Å². The molecular formula is C12H23NO3. The summed E-state index contributed by atoms with van der Waals surface area (Å²) in [4.78, 5) is 12.7. The molecule has 1 atom stereocenters. The van der Waals surface area contributed by atoms with Gasteiger partial charge in [0.25, 0.3) is 0 Å². The van der Waals surface area contributed by atoms with E-state index in [4.69, 9.17) is 9.84 Å². The predicted octanol–water partition coefficient (Wildman–Crippen LogP) is 1.74. The van der Waals surface area contributed by atoms with Crippen molar-refractivity contribution in [2.75, 3.05) is 26.2 Å². The number of ether oxygens (including phenoxy) is 1. The molecule has 1 fully saturated rings. The van der Waals surface area contributed by atoms with E-state index in [1.165, 1.54) is 0 Å². The van der Waals surface area contributed by atoms with E-state index in [0.717, 1.165) is 45.4 Å². The summed E-state index contributed by atoms with van der Waals surface area (Å²) in [6.07, 6.45) is 5.07. The molecule has 0 aromatic heterocycles. The Labute approximate surface area is 97.6 Å². The van der Waals surface area contributed by atoms with Crippen molar-refractivity contribution in [2.24, 2.45) is 0 Å². The van der Waals surface area contributed by atoms with Gasteiger partial charge in [-0.3, -0.25) is 4.79 Å². The van der Waals surface area contributed by atoms with Crippen LogP contribution in [0.5, 0.6) is 0 Å². The Morgan fingerprint density at radius 3 is 3.06 bits per heavy atom. The van der Waals surface area contributed by atoms with Crippen LogP contribution < -0.4 is 0 Å². The number of aliphatic carboxylic acids is 1. The lowest BCUT2D eigenvalue weighted by atomic mass is 10.1. The molecule has 0 aliphatic carbocycles.